The van der Waals surface area contributed by atoms with Gasteiger partial charge in [-0.25, -0.2) is 0 Å². The van der Waals surface area contributed by atoms with Crippen LogP contribution < -0.4 is 11.5 Å². The van der Waals surface area contributed by atoms with E-state index in [0.29, 0.717) is 6.42 Å². The van der Waals surface area contributed by atoms with Gasteiger partial charge in [-0.2, -0.15) is 0 Å². The smallest absolute Gasteiger partial charge is 0.107 e. The summed E-state index contributed by atoms with van der Waals surface area (Å²) in [6.45, 7) is 4.54. The molecular formula is C11H25N2O. The van der Waals surface area contributed by atoms with Crippen LogP contribution in [0.15, 0.2) is 0 Å². The fourth-order valence-corrected chi connectivity index (χ4v) is 1.32. The Balaban J connectivity index is 2.98. The first-order valence-electron chi connectivity index (χ1n) is 5.71. The third kappa shape index (κ3) is 9.96. The van der Waals surface area contributed by atoms with Gasteiger partial charge >= 0.3 is 0 Å². The largest absolute Gasteiger partial charge is 0.364 e. The van der Waals surface area contributed by atoms with Crippen LogP contribution in [0.1, 0.15) is 51.9 Å². The molecule has 0 spiro atoms. The van der Waals surface area contributed by atoms with E-state index in [2.05, 4.69) is 6.92 Å². The summed E-state index contributed by atoms with van der Waals surface area (Å²) in [7, 11) is 0. The zero-order valence-corrected chi connectivity index (χ0v) is 9.37. The molecule has 0 aromatic heterocycles. The minimum atomic E-state index is -0.212. The van der Waals surface area contributed by atoms with Crippen molar-refractivity contribution in [3.63, 3.8) is 0 Å². The first-order valence-corrected chi connectivity index (χ1v) is 5.71. The molecule has 1 unspecified atom stereocenters. The van der Waals surface area contributed by atoms with Gasteiger partial charge in [-0.3, -0.25) is 0 Å². The van der Waals surface area contributed by atoms with E-state index in [9.17, 15) is 0 Å². The molecule has 0 heterocycles. The number of rotatable bonds is 10. The molecule has 0 rings (SSSR count). The number of unbranched alkanes of at least 4 members (excludes halogenated alkanes) is 5. The second kappa shape index (κ2) is 11.0. The minimum absolute atomic E-state index is 0.212. The minimum Gasteiger partial charge on any atom is -0.364 e. The van der Waals surface area contributed by atoms with E-state index >= 15 is 0 Å². The fourth-order valence-electron chi connectivity index (χ4n) is 1.32. The lowest BCUT2D eigenvalue weighted by atomic mass is 10.1. The molecule has 3 heteroatoms. The van der Waals surface area contributed by atoms with Crippen molar-refractivity contribution < 1.29 is 4.74 Å². The molecule has 0 bridgehead atoms. The summed E-state index contributed by atoms with van der Waals surface area (Å²) in [4.78, 5) is 0. The Morgan fingerprint density at radius 3 is 2.43 bits per heavy atom. The van der Waals surface area contributed by atoms with Crippen molar-refractivity contribution in [2.75, 3.05) is 6.61 Å². The molecule has 0 aromatic rings. The highest BCUT2D eigenvalue weighted by Crippen LogP contribution is 2.05. The maximum absolute atomic E-state index is 5.61. The number of ether oxygens (including phenoxy) is 1. The lowest BCUT2D eigenvalue weighted by Crippen LogP contribution is -2.25. The first kappa shape index (κ1) is 13.9. The Morgan fingerprint density at radius 2 is 1.79 bits per heavy atom. The molecule has 14 heavy (non-hydrogen) atoms. The molecule has 3 nitrogen and oxygen atoms in total. The molecule has 0 aliphatic heterocycles. The molecule has 0 aliphatic rings. The summed E-state index contributed by atoms with van der Waals surface area (Å²) in [5, 5.41) is 0. The van der Waals surface area contributed by atoms with Crippen molar-refractivity contribution in [1.82, 2.24) is 0 Å². The third-order valence-electron chi connectivity index (χ3n) is 2.20. The second-order valence-electron chi connectivity index (χ2n) is 3.65. The van der Waals surface area contributed by atoms with E-state index in [1.165, 1.54) is 32.1 Å². The Morgan fingerprint density at radius 1 is 1.14 bits per heavy atom. The van der Waals surface area contributed by atoms with Gasteiger partial charge in [0.25, 0.3) is 0 Å². The van der Waals surface area contributed by atoms with Gasteiger partial charge in [0.05, 0.1) is 0 Å². The normalized spacial score (nSPS) is 13.1. The molecule has 0 aromatic carbocycles. The summed E-state index contributed by atoms with van der Waals surface area (Å²) in [6, 6.07) is 0. The molecule has 4 N–H and O–H groups in total. The van der Waals surface area contributed by atoms with Crippen LogP contribution in [0.25, 0.3) is 0 Å². The molecule has 0 saturated carbocycles. The van der Waals surface area contributed by atoms with Crippen LogP contribution in [0.4, 0.5) is 0 Å². The van der Waals surface area contributed by atoms with E-state index in [4.69, 9.17) is 16.2 Å². The third-order valence-corrected chi connectivity index (χ3v) is 2.20. The molecule has 0 fully saturated rings. The van der Waals surface area contributed by atoms with Crippen molar-refractivity contribution in [2.45, 2.75) is 58.1 Å². The number of nitrogens with two attached hydrogens (primary N) is 2. The average Bonchev–Trinajstić information content (AvgIpc) is 2.17. The summed E-state index contributed by atoms with van der Waals surface area (Å²) in [6.07, 6.45) is 8.09. The Hall–Kier alpha value is -0.120. The van der Waals surface area contributed by atoms with Gasteiger partial charge in [-0.15, -0.1) is 0 Å². The molecule has 0 saturated heterocycles. The van der Waals surface area contributed by atoms with Crippen molar-refractivity contribution in [3.8, 4) is 0 Å². The average molecular weight is 201 g/mol. The summed E-state index contributed by atoms with van der Waals surface area (Å²) >= 11 is 0. The maximum Gasteiger partial charge on any atom is 0.107 e. The van der Waals surface area contributed by atoms with Gasteiger partial charge < -0.3 is 16.2 Å². The van der Waals surface area contributed by atoms with Crippen LogP contribution in [0.2, 0.25) is 0 Å². The highest BCUT2D eigenvalue weighted by atomic mass is 16.5. The van der Waals surface area contributed by atoms with Crippen LogP contribution in [-0.4, -0.2) is 12.8 Å². The van der Waals surface area contributed by atoms with Crippen molar-refractivity contribution in [2.24, 2.45) is 11.5 Å². The maximum atomic E-state index is 5.61. The molecule has 1 atom stereocenters. The Bertz CT molecular complexity index is 109. The van der Waals surface area contributed by atoms with Gasteiger partial charge in [-0.05, 0) is 6.42 Å². The van der Waals surface area contributed by atoms with Crippen LogP contribution in [0.5, 0.6) is 0 Å². The summed E-state index contributed by atoms with van der Waals surface area (Å²) in [5.74, 6) is 0. The van der Waals surface area contributed by atoms with Crippen molar-refractivity contribution >= 4 is 0 Å². The van der Waals surface area contributed by atoms with Crippen LogP contribution in [-0.2, 0) is 4.74 Å². The second-order valence-corrected chi connectivity index (χ2v) is 3.65. The van der Waals surface area contributed by atoms with E-state index in [-0.39, 0.29) is 6.23 Å². The molecule has 0 aliphatic carbocycles. The molecule has 85 valence electrons. The topological polar surface area (TPSA) is 61.3 Å². The monoisotopic (exact) mass is 201 g/mol. The quantitative estimate of drug-likeness (QED) is 0.420. The van der Waals surface area contributed by atoms with Crippen LogP contribution in [0.3, 0.4) is 0 Å². The SMILES string of the molecule is CCCCCCCCOC(N)C[CH]N. The highest BCUT2D eigenvalue weighted by Gasteiger charge is 1.99. The lowest BCUT2D eigenvalue weighted by molar-refractivity contribution is 0.0545. The van der Waals surface area contributed by atoms with Crippen LogP contribution >= 0.6 is 0 Å². The predicted octanol–water partition coefficient (Wildman–Crippen LogP) is 2.16. The Labute approximate surface area is 88.2 Å². The van der Waals surface area contributed by atoms with E-state index in [0.717, 1.165) is 13.0 Å². The van der Waals surface area contributed by atoms with Gasteiger partial charge in [0.2, 0.25) is 0 Å². The highest BCUT2D eigenvalue weighted by molar-refractivity contribution is 4.59. The van der Waals surface area contributed by atoms with Crippen molar-refractivity contribution in [3.05, 3.63) is 6.54 Å². The zero-order valence-electron chi connectivity index (χ0n) is 9.37. The van der Waals surface area contributed by atoms with Gasteiger partial charge in [0.1, 0.15) is 6.23 Å². The van der Waals surface area contributed by atoms with Crippen LogP contribution in [0, 0.1) is 6.54 Å². The molecule has 1 radical (unpaired) electrons. The molecular weight excluding hydrogens is 176 g/mol. The van der Waals surface area contributed by atoms with Crippen molar-refractivity contribution in [1.29, 1.82) is 0 Å². The fraction of sp³-hybridized carbons (Fsp3) is 0.909. The van der Waals surface area contributed by atoms with E-state index < -0.39 is 0 Å². The van der Waals surface area contributed by atoms with E-state index in [1.807, 2.05) is 0 Å². The Kier molecular flexibility index (Phi) is 10.9. The van der Waals surface area contributed by atoms with E-state index in [1.54, 1.807) is 6.54 Å². The number of hydrogen-bond donors (Lipinski definition) is 2. The van der Waals surface area contributed by atoms with Gasteiger partial charge in [-0.1, -0.05) is 39.0 Å². The summed E-state index contributed by atoms with van der Waals surface area (Å²) in [5.41, 5.74) is 10.8. The predicted molar refractivity (Wildman–Crippen MR) is 60.4 cm³/mol. The summed E-state index contributed by atoms with van der Waals surface area (Å²) < 4.78 is 5.36. The number of hydrogen-bond acceptors (Lipinski definition) is 3. The molecule has 0 amide bonds. The first-order chi connectivity index (χ1) is 6.81. The van der Waals surface area contributed by atoms with Gasteiger partial charge in [0, 0.05) is 19.6 Å². The lowest BCUT2D eigenvalue weighted by Gasteiger charge is -2.11. The standard InChI is InChI=1S/C11H25N2O/c1-2-3-4-5-6-7-10-14-11(13)8-9-12/h9,11H,2-8,10,12-13H2,1H3. The van der Waals surface area contributed by atoms with Gasteiger partial charge in [0.15, 0.2) is 0 Å². The zero-order chi connectivity index (χ0) is 10.6.